The smallest absolute Gasteiger partial charge is 0.414 e. The van der Waals surface area contributed by atoms with Crippen molar-refractivity contribution in [2.45, 2.75) is 26.4 Å². The molecule has 0 radical (unpaired) electrons. The summed E-state index contributed by atoms with van der Waals surface area (Å²) in [5, 5.41) is 0. The van der Waals surface area contributed by atoms with Crippen LogP contribution in [0.2, 0.25) is 0 Å². The minimum absolute atomic E-state index is 0.0738. The first-order valence-electron chi connectivity index (χ1n) is 8.12. The highest BCUT2D eigenvalue weighted by Crippen LogP contribution is 2.27. The van der Waals surface area contributed by atoms with E-state index >= 15 is 0 Å². The summed E-state index contributed by atoms with van der Waals surface area (Å²) in [7, 11) is 0. The van der Waals surface area contributed by atoms with Crippen LogP contribution in [0.5, 0.6) is 0 Å². The predicted octanol–water partition coefficient (Wildman–Crippen LogP) is 3.98. The van der Waals surface area contributed by atoms with E-state index in [4.69, 9.17) is 4.42 Å². The molecule has 3 rings (SSSR count). The van der Waals surface area contributed by atoms with Gasteiger partial charge in [-0.25, -0.2) is 10.5 Å². The van der Waals surface area contributed by atoms with Crippen molar-refractivity contribution in [2.24, 2.45) is 0 Å². The van der Waals surface area contributed by atoms with Crippen molar-refractivity contribution in [3.8, 4) is 11.6 Å². The van der Waals surface area contributed by atoms with Gasteiger partial charge in [0.1, 0.15) is 11.2 Å². The van der Waals surface area contributed by atoms with Gasteiger partial charge in [0.15, 0.2) is 12.2 Å². The van der Waals surface area contributed by atoms with E-state index in [1.807, 2.05) is 32.0 Å². The lowest BCUT2D eigenvalue weighted by Gasteiger charge is -2.09. The number of carbonyl (C=O) groups is 1. The maximum atomic E-state index is 12.1. The van der Waals surface area contributed by atoms with Gasteiger partial charge >= 0.3 is 6.18 Å². The second-order valence-corrected chi connectivity index (χ2v) is 5.91. The highest BCUT2D eigenvalue weighted by Gasteiger charge is 2.28. The summed E-state index contributed by atoms with van der Waals surface area (Å²) in [6.07, 6.45) is -2.78. The molecule has 1 aromatic carbocycles. The highest BCUT2D eigenvalue weighted by molar-refractivity contribution is 5.93. The molecule has 0 bridgehead atoms. The van der Waals surface area contributed by atoms with Gasteiger partial charge in [-0.15, -0.1) is 0 Å². The molecular formula is C18H16F3N3O3. The summed E-state index contributed by atoms with van der Waals surface area (Å²) in [5.74, 6) is -0.506. The second kappa shape index (κ2) is 7.36. The van der Waals surface area contributed by atoms with E-state index in [0.29, 0.717) is 34.7 Å². The second-order valence-electron chi connectivity index (χ2n) is 5.91. The summed E-state index contributed by atoms with van der Waals surface area (Å²) in [5.41, 5.74) is 5.31. The van der Waals surface area contributed by atoms with Crippen molar-refractivity contribution in [3.63, 3.8) is 0 Å². The van der Waals surface area contributed by atoms with E-state index in [9.17, 15) is 18.0 Å². The molecule has 0 unspecified atom stereocenters. The van der Waals surface area contributed by atoms with Gasteiger partial charge in [-0.3, -0.25) is 14.6 Å². The highest BCUT2D eigenvalue weighted by atomic mass is 19.4. The third kappa shape index (κ3) is 4.43. The Labute approximate surface area is 152 Å². The minimum Gasteiger partial charge on any atom is -0.435 e. The molecule has 0 fully saturated rings. The fraction of sp³-hybridized carbons (Fsp3) is 0.278. The number of halogens is 3. The molecule has 27 heavy (non-hydrogen) atoms. The van der Waals surface area contributed by atoms with Crippen LogP contribution in [-0.2, 0) is 11.3 Å². The lowest BCUT2D eigenvalue weighted by molar-refractivity contribution is -0.184. The van der Waals surface area contributed by atoms with E-state index < -0.39 is 18.7 Å². The number of hydrogen-bond acceptors (Lipinski definition) is 5. The first kappa shape index (κ1) is 18.8. The zero-order chi connectivity index (χ0) is 19.6. The number of hydrogen-bond donors (Lipinski definition) is 1. The molecule has 0 saturated carbocycles. The maximum Gasteiger partial charge on any atom is 0.414 e. The largest absolute Gasteiger partial charge is 0.435 e. The number of pyridine rings is 1. The molecule has 0 atom stereocenters. The van der Waals surface area contributed by atoms with Gasteiger partial charge in [0, 0.05) is 6.20 Å². The van der Waals surface area contributed by atoms with Crippen LogP contribution in [0.15, 0.2) is 34.9 Å². The lowest BCUT2D eigenvalue weighted by atomic mass is 10.1. The average Bonchev–Trinajstić information content (AvgIpc) is 3.02. The molecule has 1 amide bonds. The number of amides is 1. The van der Waals surface area contributed by atoms with E-state index in [2.05, 4.69) is 14.8 Å². The fourth-order valence-corrected chi connectivity index (χ4v) is 2.48. The monoisotopic (exact) mass is 379 g/mol. The molecule has 0 saturated heterocycles. The van der Waals surface area contributed by atoms with Crippen LogP contribution >= 0.6 is 0 Å². The number of oxazole rings is 1. The summed E-state index contributed by atoms with van der Waals surface area (Å²) >= 11 is 0. The summed E-state index contributed by atoms with van der Waals surface area (Å²) in [6.45, 7) is 2.22. The van der Waals surface area contributed by atoms with Gasteiger partial charge in [-0.2, -0.15) is 13.2 Å². The molecule has 0 aliphatic rings. The Kier molecular flexibility index (Phi) is 5.13. The molecule has 0 spiro atoms. The van der Waals surface area contributed by atoms with Crippen molar-refractivity contribution in [1.29, 1.82) is 0 Å². The van der Waals surface area contributed by atoms with Gasteiger partial charge < -0.3 is 4.42 Å². The molecule has 0 aliphatic heterocycles. The number of carbonyl (C=O) groups excluding carboxylic acids is 1. The van der Waals surface area contributed by atoms with Crippen LogP contribution in [0.4, 0.5) is 13.2 Å². The first-order chi connectivity index (χ1) is 12.8. The minimum atomic E-state index is -4.53. The number of benzene rings is 1. The van der Waals surface area contributed by atoms with Gasteiger partial charge in [0.25, 0.3) is 5.91 Å². The van der Waals surface area contributed by atoms with Crippen LogP contribution in [0.25, 0.3) is 22.7 Å². The van der Waals surface area contributed by atoms with E-state index in [1.165, 1.54) is 12.3 Å². The van der Waals surface area contributed by atoms with Crippen molar-refractivity contribution in [2.75, 3.05) is 6.61 Å². The van der Waals surface area contributed by atoms with Crippen molar-refractivity contribution < 1.29 is 27.2 Å². The molecule has 2 heterocycles. The maximum absolute atomic E-state index is 12.1. The molecule has 0 aliphatic carbocycles. The van der Waals surface area contributed by atoms with Crippen molar-refractivity contribution in [3.05, 3.63) is 47.2 Å². The molecule has 6 nitrogen and oxygen atoms in total. The summed E-state index contributed by atoms with van der Waals surface area (Å²) in [4.78, 5) is 24.8. The van der Waals surface area contributed by atoms with E-state index in [-0.39, 0.29) is 5.56 Å². The SMILES string of the molecule is CCc1cc(C(=O)NOCC(F)(F)F)cnc1-c1nc2cc(C)ccc2o1. The third-order valence-electron chi connectivity index (χ3n) is 3.76. The third-order valence-corrected chi connectivity index (χ3v) is 3.76. The Morgan fingerprint density at radius 2 is 2.07 bits per heavy atom. The van der Waals surface area contributed by atoms with Gasteiger partial charge in [-0.1, -0.05) is 13.0 Å². The Bertz CT molecular complexity index is 983. The zero-order valence-corrected chi connectivity index (χ0v) is 14.6. The number of hydroxylamine groups is 1. The van der Waals surface area contributed by atoms with Gasteiger partial charge in [0.2, 0.25) is 5.89 Å². The molecule has 9 heteroatoms. The molecule has 3 aromatic rings. The van der Waals surface area contributed by atoms with E-state index in [1.54, 1.807) is 5.48 Å². The predicted molar refractivity (Wildman–Crippen MR) is 90.8 cm³/mol. The quantitative estimate of drug-likeness (QED) is 0.679. The molecular weight excluding hydrogens is 363 g/mol. The molecule has 2 aromatic heterocycles. The normalized spacial score (nSPS) is 11.7. The Morgan fingerprint density at radius 1 is 1.30 bits per heavy atom. The number of rotatable bonds is 5. The summed E-state index contributed by atoms with van der Waals surface area (Å²) < 4.78 is 42.0. The lowest BCUT2D eigenvalue weighted by Crippen LogP contribution is -2.29. The van der Waals surface area contributed by atoms with Gasteiger partial charge in [-0.05, 0) is 42.7 Å². The zero-order valence-electron chi connectivity index (χ0n) is 14.6. The van der Waals surface area contributed by atoms with Crippen LogP contribution < -0.4 is 5.48 Å². The number of fused-ring (bicyclic) bond motifs is 1. The van der Waals surface area contributed by atoms with Crippen LogP contribution in [0, 0.1) is 6.92 Å². The van der Waals surface area contributed by atoms with Crippen LogP contribution in [0.3, 0.4) is 0 Å². The van der Waals surface area contributed by atoms with Crippen molar-refractivity contribution >= 4 is 17.0 Å². The summed E-state index contributed by atoms with van der Waals surface area (Å²) in [6, 6.07) is 7.12. The number of nitrogens with zero attached hydrogens (tertiary/aromatic N) is 2. The Hall–Kier alpha value is -2.94. The van der Waals surface area contributed by atoms with Crippen molar-refractivity contribution in [1.82, 2.24) is 15.4 Å². The Morgan fingerprint density at radius 3 is 2.78 bits per heavy atom. The topological polar surface area (TPSA) is 77.2 Å². The first-order valence-corrected chi connectivity index (χ1v) is 8.12. The van der Waals surface area contributed by atoms with Gasteiger partial charge in [0.05, 0.1) is 5.56 Å². The number of nitrogens with one attached hydrogen (secondary N) is 1. The number of aromatic nitrogens is 2. The standard InChI is InChI=1S/C18H16F3N3O3/c1-3-11-7-12(16(25)24-26-9-18(19,20)21)8-22-15(11)17-23-13-6-10(2)4-5-14(13)27-17/h4-8H,3,9H2,1-2H3,(H,24,25). The van der Waals surface area contributed by atoms with Crippen LogP contribution in [0.1, 0.15) is 28.4 Å². The number of aryl methyl sites for hydroxylation is 2. The Balaban J connectivity index is 1.84. The molecule has 1 N–H and O–H groups in total. The fourth-order valence-electron chi connectivity index (χ4n) is 2.48. The van der Waals surface area contributed by atoms with Crippen LogP contribution in [-0.4, -0.2) is 28.7 Å². The van der Waals surface area contributed by atoms with E-state index in [0.717, 1.165) is 5.56 Å². The number of alkyl halides is 3. The average molecular weight is 379 g/mol. The molecule has 142 valence electrons.